The largest absolute Gasteiger partial charge is 0.322 e. The van der Waals surface area contributed by atoms with Crippen LogP contribution in [0.4, 0.5) is 10.1 Å². The Morgan fingerprint density at radius 3 is 2.44 bits per heavy atom. The van der Waals surface area contributed by atoms with Crippen molar-refractivity contribution in [2.75, 3.05) is 11.6 Å². The number of carbonyl (C=O) groups excluding carboxylic acids is 1. The minimum absolute atomic E-state index is 0.188. The predicted molar refractivity (Wildman–Crippen MR) is 72.6 cm³/mol. The van der Waals surface area contributed by atoms with Crippen molar-refractivity contribution >= 4 is 23.4 Å². The number of thioether (sulfide) groups is 1. The summed E-state index contributed by atoms with van der Waals surface area (Å²) in [4.78, 5) is 13.0. The molecule has 0 bridgehead atoms. The van der Waals surface area contributed by atoms with E-state index in [4.69, 9.17) is 0 Å². The number of anilines is 1. The highest BCUT2D eigenvalue weighted by Crippen LogP contribution is 2.21. The Morgan fingerprint density at radius 2 is 1.78 bits per heavy atom. The molecule has 1 N–H and O–H groups in total. The van der Waals surface area contributed by atoms with E-state index < -0.39 is 0 Å². The standard InChI is InChI=1S/C14H12FNOS/c1-18-13-5-3-2-4-12(13)14(17)16-11-8-6-10(15)7-9-11/h2-9H,1H3,(H,16,17). The molecule has 0 saturated heterocycles. The molecule has 0 spiro atoms. The van der Waals surface area contributed by atoms with E-state index in [1.54, 1.807) is 6.07 Å². The number of rotatable bonds is 3. The average Bonchev–Trinajstić information content (AvgIpc) is 2.41. The lowest BCUT2D eigenvalue weighted by Gasteiger charge is -2.08. The molecule has 92 valence electrons. The Morgan fingerprint density at radius 1 is 1.11 bits per heavy atom. The molecule has 2 aromatic rings. The number of nitrogens with one attached hydrogen (secondary N) is 1. The van der Waals surface area contributed by atoms with Gasteiger partial charge in [0.2, 0.25) is 0 Å². The summed E-state index contributed by atoms with van der Waals surface area (Å²) >= 11 is 1.52. The zero-order valence-corrected chi connectivity index (χ0v) is 10.6. The number of hydrogen-bond donors (Lipinski definition) is 1. The molecule has 0 saturated carbocycles. The molecule has 2 aromatic carbocycles. The first-order valence-corrected chi connectivity index (χ1v) is 6.63. The van der Waals surface area contributed by atoms with Crippen LogP contribution in [0.3, 0.4) is 0 Å². The van der Waals surface area contributed by atoms with Crippen molar-refractivity contribution in [1.82, 2.24) is 0 Å². The highest BCUT2D eigenvalue weighted by molar-refractivity contribution is 7.98. The molecule has 0 atom stereocenters. The maximum absolute atomic E-state index is 12.7. The second kappa shape index (κ2) is 5.69. The summed E-state index contributed by atoms with van der Waals surface area (Å²) in [5, 5.41) is 2.74. The molecule has 4 heteroatoms. The van der Waals surface area contributed by atoms with Crippen molar-refractivity contribution < 1.29 is 9.18 Å². The zero-order valence-electron chi connectivity index (χ0n) is 9.81. The monoisotopic (exact) mass is 261 g/mol. The van der Waals surface area contributed by atoms with Crippen LogP contribution in [0.2, 0.25) is 0 Å². The summed E-state index contributed by atoms with van der Waals surface area (Å²) < 4.78 is 12.7. The van der Waals surface area contributed by atoms with Crippen LogP contribution in [0, 0.1) is 5.82 Å². The highest BCUT2D eigenvalue weighted by Gasteiger charge is 2.10. The average molecular weight is 261 g/mol. The third kappa shape index (κ3) is 2.90. The van der Waals surface area contributed by atoms with Crippen LogP contribution in [-0.4, -0.2) is 12.2 Å². The van der Waals surface area contributed by atoms with Crippen LogP contribution < -0.4 is 5.32 Å². The third-order valence-corrected chi connectivity index (χ3v) is 3.25. The van der Waals surface area contributed by atoms with Gasteiger partial charge in [-0.05, 0) is 42.7 Å². The normalized spacial score (nSPS) is 10.1. The SMILES string of the molecule is CSc1ccccc1C(=O)Nc1ccc(F)cc1. The fourth-order valence-corrected chi connectivity index (χ4v) is 2.16. The molecule has 0 heterocycles. The summed E-state index contributed by atoms with van der Waals surface area (Å²) in [6.07, 6.45) is 1.92. The molecule has 18 heavy (non-hydrogen) atoms. The molecule has 0 radical (unpaired) electrons. The molecule has 1 amide bonds. The molecule has 0 aliphatic heterocycles. The van der Waals surface area contributed by atoms with Crippen LogP contribution in [-0.2, 0) is 0 Å². The number of halogens is 1. The number of hydrogen-bond acceptors (Lipinski definition) is 2. The fourth-order valence-electron chi connectivity index (χ4n) is 1.56. The maximum Gasteiger partial charge on any atom is 0.256 e. The van der Waals surface area contributed by atoms with E-state index in [9.17, 15) is 9.18 Å². The van der Waals surface area contributed by atoms with E-state index in [2.05, 4.69) is 5.32 Å². The maximum atomic E-state index is 12.7. The molecular weight excluding hydrogens is 249 g/mol. The van der Waals surface area contributed by atoms with Crippen LogP contribution in [0.1, 0.15) is 10.4 Å². The second-order valence-electron chi connectivity index (χ2n) is 3.66. The number of amides is 1. The lowest BCUT2D eigenvalue weighted by molar-refractivity contribution is 0.102. The Kier molecular flexibility index (Phi) is 3.99. The van der Waals surface area contributed by atoms with Crippen molar-refractivity contribution in [2.24, 2.45) is 0 Å². The lowest BCUT2D eigenvalue weighted by Crippen LogP contribution is -2.12. The van der Waals surface area contributed by atoms with Gasteiger partial charge in [0.05, 0.1) is 5.56 Å². The minimum atomic E-state index is -0.322. The van der Waals surface area contributed by atoms with Gasteiger partial charge in [-0.3, -0.25) is 4.79 Å². The van der Waals surface area contributed by atoms with Gasteiger partial charge < -0.3 is 5.32 Å². The number of benzene rings is 2. The van der Waals surface area contributed by atoms with E-state index in [-0.39, 0.29) is 11.7 Å². The van der Waals surface area contributed by atoms with Gasteiger partial charge in [-0.25, -0.2) is 4.39 Å². The van der Waals surface area contributed by atoms with E-state index in [1.807, 2.05) is 24.5 Å². The molecule has 0 aromatic heterocycles. The van der Waals surface area contributed by atoms with E-state index in [0.29, 0.717) is 11.3 Å². The molecule has 2 rings (SSSR count). The molecule has 0 aliphatic carbocycles. The predicted octanol–water partition coefficient (Wildman–Crippen LogP) is 3.80. The van der Waals surface area contributed by atoms with E-state index >= 15 is 0 Å². The Hall–Kier alpha value is -1.81. The summed E-state index contributed by atoms with van der Waals surface area (Å²) in [6, 6.07) is 13.1. The quantitative estimate of drug-likeness (QED) is 0.851. The molecule has 0 aliphatic rings. The van der Waals surface area contributed by atoms with Crippen molar-refractivity contribution in [3.05, 3.63) is 59.9 Å². The van der Waals surface area contributed by atoms with Crippen LogP contribution in [0.15, 0.2) is 53.4 Å². The third-order valence-electron chi connectivity index (χ3n) is 2.45. The fraction of sp³-hybridized carbons (Fsp3) is 0.0714. The van der Waals surface area contributed by atoms with Gasteiger partial charge in [-0.1, -0.05) is 12.1 Å². The topological polar surface area (TPSA) is 29.1 Å². The van der Waals surface area contributed by atoms with Crippen LogP contribution in [0.25, 0.3) is 0 Å². The van der Waals surface area contributed by atoms with E-state index in [1.165, 1.54) is 36.0 Å². The van der Waals surface area contributed by atoms with Gasteiger partial charge in [0.1, 0.15) is 5.82 Å². The zero-order chi connectivity index (χ0) is 13.0. The van der Waals surface area contributed by atoms with Gasteiger partial charge in [0.25, 0.3) is 5.91 Å². The van der Waals surface area contributed by atoms with Gasteiger partial charge in [0.15, 0.2) is 0 Å². The molecule has 2 nitrogen and oxygen atoms in total. The second-order valence-corrected chi connectivity index (χ2v) is 4.51. The Labute approximate surface area is 109 Å². The smallest absolute Gasteiger partial charge is 0.256 e. The molecule has 0 fully saturated rings. The van der Waals surface area contributed by atoms with Crippen molar-refractivity contribution in [1.29, 1.82) is 0 Å². The first kappa shape index (κ1) is 12.6. The lowest BCUT2D eigenvalue weighted by atomic mass is 10.2. The van der Waals surface area contributed by atoms with Crippen molar-refractivity contribution in [2.45, 2.75) is 4.90 Å². The Balaban J connectivity index is 2.19. The Bertz CT molecular complexity index is 554. The summed E-state index contributed by atoms with van der Waals surface area (Å²) in [5.41, 5.74) is 1.20. The summed E-state index contributed by atoms with van der Waals surface area (Å²) in [6.45, 7) is 0. The highest BCUT2D eigenvalue weighted by atomic mass is 32.2. The van der Waals surface area contributed by atoms with Crippen LogP contribution in [0.5, 0.6) is 0 Å². The van der Waals surface area contributed by atoms with Gasteiger partial charge >= 0.3 is 0 Å². The summed E-state index contributed by atoms with van der Waals surface area (Å²) in [5.74, 6) is -0.510. The van der Waals surface area contributed by atoms with Crippen LogP contribution >= 0.6 is 11.8 Å². The van der Waals surface area contributed by atoms with Gasteiger partial charge in [0, 0.05) is 10.6 Å². The number of carbonyl (C=O) groups is 1. The van der Waals surface area contributed by atoms with E-state index in [0.717, 1.165) is 4.90 Å². The van der Waals surface area contributed by atoms with Gasteiger partial charge in [-0.2, -0.15) is 0 Å². The van der Waals surface area contributed by atoms with Crippen molar-refractivity contribution in [3.8, 4) is 0 Å². The van der Waals surface area contributed by atoms with Crippen molar-refractivity contribution in [3.63, 3.8) is 0 Å². The minimum Gasteiger partial charge on any atom is -0.322 e. The first-order chi connectivity index (χ1) is 8.70. The first-order valence-electron chi connectivity index (χ1n) is 5.40. The summed E-state index contributed by atoms with van der Waals surface area (Å²) in [7, 11) is 0. The molecule has 0 unspecified atom stereocenters. The molecular formula is C14H12FNOS. The van der Waals surface area contributed by atoms with Gasteiger partial charge in [-0.15, -0.1) is 11.8 Å².